The van der Waals surface area contributed by atoms with E-state index in [0.29, 0.717) is 23.7 Å². The molecule has 1 fully saturated rings. The maximum atomic E-state index is 12.6. The molecule has 4 rings (SSSR count). The number of hydrogen-bond donors (Lipinski definition) is 0. The van der Waals surface area contributed by atoms with Gasteiger partial charge in [-0.25, -0.2) is 0 Å². The third-order valence-electron chi connectivity index (χ3n) is 4.81. The fourth-order valence-electron chi connectivity index (χ4n) is 3.28. The maximum absolute atomic E-state index is 12.6. The molecule has 0 N–H and O–H groups in total. The van der Waals surface area contributed by atoms with Gasteiger partial charge in [0.15, 0.2) is 0 Å². The molecule has 2 heterocycles. The summed E-state index contributed by atoms with van der Waals surface area (Å²) in [7, 11) is 0. The van der Waals surface area contributed by atoms with Crippen LogP contribution in [0.4, 0.5) is 0 Å². The van der Waals surface area contributed by atoms with Crippen molar-refractivity contribution in [3.63, 3.8) is 0 Å². The normalized spacial score (nSPS) is 15.1. The lowest BCUT2D eigenvalue weighted by Gasteiger charge is -2.34. The Hall–Kier alpha value is -2.63. The second-order valence-corrected chi connectivity index (χ2v) is 7.10. The van der Waals surface area contributed by atoms with E-state index in [4.69, 9.17) is 11.6 Å². The van der Waals surface area contributed by atoms with E-state index in [9.17, 15) is 4.79 Å². The van der Waals surface area contributed by atoms with E-state index >= 15 is 0 Å². The molecule has 27 heavy (non-hydrogen) atoms. The first kappa shape index (κ1) is 17.8. The number of halogens is 1. The van der Waals surface area contributed by atoms with Crippen LogP contribution in [0.3, 0.4) is 0 Å². The summed E-state index contributed by atoms with van der Waals surface area (Å²) < 4.78 is 1.96. The molecule has 3 aromatic rings. The van der Waals surface area contributed by atoms with Gasteiger partial charge in [0.05, 0.1) is 12.4 Å². The van der Waals surface area contributed by atoms with Crippen molar-refractivity contribution in [3.05, 3.63) is 77.4 Å². The molecule has 1 saturated heterocycles. The highest BCUT2D eigenvalue weighted by atomic mass is 35.5. The fourth-order valence-corrected chi connectivity index (χ4v) is 3.40. The molecule has 0 bridgehead atoms. The highest BCUT2D eigenvalue weighted by Gasteiger charge is 2.22. The van der Waals surface area contributed by atoms with E-state index in [2.05, 4.69) is 22.1 Å². The molecule has 2 aromatic carbocycles. The number of benzene rings is 2. The van der Waals surface area contributed by atoms with E-state index in [1.165, 1.54) is 0 Å². The second-order valence-electron chi connectivity index (χ2n) is 6.67. The van der Waals surface area contributed by atoms with Crippen molar-refractivity contribution in [1.29, 1.82) is 0 Å². The van der Waals surface area contributed by atoms with Crippen LogP contribution in [0.25, 0.3) is 11.3 Å². The Kier molecular flexibility index (Phi) is 5.23. The Morgan fingerprint density at radius 3 is 2.33 bits per heavy atom. The SMILES string of the molecule is O=C(c1ccc(Cl)cc1)N1CCN(Cn2ccc(-c3ccccc3)n2)CC1. The summed E-state index contributed by atoms with van der Waals surface area (Å²) in [5.74, 6) is 0.0665. The quantitative estimate of drug-likeness (QED) is 0.694. The molecule has 138 valence electrons. The van der Waals surface area contributed by atoms with E-state index in [1.807, 2.05) is 40.0 Å². The van der Waals surface area contributed by atoms with Gasteiger partial charge in [0.1, 0.15) is 0 Å². The zero-order chi connectivity index (χ0) is 18.6. The van der Waals surface area contributed by atoms with Crippen LogP contribution in [0.2, 0.25) is 5.02 Å². The van der Waals surface area contributed by atoms with Crippen molar-refractivity contribution in [2.45, 2.75) is 6.67 Å². The lowest BCUT2D eigenvalue weighted by molar-refractivity contribution is 0.0587. The van der Waals surface area contributed by atoms with Crippen molar-refractivity contribution in [2.24, 2.45) is 0 Å². The van der Waals surface area contributed by atoms with Crippen molar-refractivity contribution in [2.75, 3.05) is 26.2 Å². The van der Waals surface area contributed by atoms with Gasteiger partial charge in [-0.2, -0.15) is 5.10 Å². The monoisotopic (exact) mass is 380 g/mol. The fraction of sp³-hybridized carbons (Fsp3) is 0.238. The summed E-state index contributed by atoms with van der Waals surface area (Å²) in [5, 5.41) is 5.31. The molecule has 0 spiro atoms. The van der Waals surface area contributed by atoms with Crippen LogP contribution >= 0.6 is 11.6 Å². The first-order valence-electron chi connectivity index (χ1n) is 9.05. The Bertz CT molecular complexity index is 899. The van der Waals surface area contributed by atoms with Crippen LogP contribution < -0.4 is 0 Å². The van der Waals surface area contributed by atoms with Crippen molar-refractivity contribution in [1.82, 2.24) is 19.6 Å². The van der Waals surface area contributed by atoms with Gasteiger partial charge in [-0.15, -0.1) is 0 Å². The highest BCUT2D eigenvalue weighted by Crippen LogP contribution is 2.17. The number of piperazine rings is 1. The zero-order valence-electron chi connectivity index (χ0n) is 15.0. The lowest BCUT2D eigenvalue weighted by Crippen LogP contribution is -2.49. The van der Waals surface area contributed by atoms with Crippen molar-refractivity contribution >= 4 is 17.5 Å². The van der Waals surface area contributed by atoms with Gasteiger partial charge in [0, 0.05) is 48.5 Å². The van der Waals surface area contributed by atoms with Crippen molar-refractivity contribution in [3.8, 4) is 11.3 Å². The molecular weight excluding hydrogens is 360 g/mol. The lowest BCUT2D eigenvalue weighted by atomic mass is 10.2. The van der Waals surface area contributed by atoms with Crippen LogP contribution in [0.15, 0.2) is 66.9 Å². The molecule has 1 aliphatic heterocycles. The van der Waals surface area contributed by atoms with Crippen LogP contribution in [0.1, 0.15) is 10.4 Å². The van der Waals surface area contributed by atoms with Crippen LogP contribution in [-0.4, -0.2) is 51.7 Å². The Labute approximate surface area is 163 Å². The number of hydrogen-bond acceptors (Lipinski definition) is 3. The van der Waals surface area contributed by atoms with Gasteiger partial charge >= 0.3 is 0 Å². The topological polar surface area (TPSA) is 41.4 Å². The molecule has 5 nitrogen and oxygen atoms in total. The van der Waals surface area contributed by atoms with Gasteiger partial charge in [-0.05, 0) is 30.3 Å². The summed E-state index contributed by atoms with van der Waals surface area (Å²) in [6.07, 6.45) is 2.01. The smallest absolute Gasteiger partial charge is 0.253 e. The van der Waals surface area contributed by atoms with E-state index in [-0.39, 0.29) is 5.91 Å². The molecule has 0 saturated carbocycles. The number of nitrogens with zero attached hydrogens (tertiary/aromatic N) is 4. The third kappa shape index (κ3) is 4.21. The zero-order valence-corrected chi connectivity index (χ0v) is 15.7. The summed E-state index contributed by atoms with van der Waals surface area (Å²) in [4.78, 5) is 16.8. The third-order valence-corrected chi connectivity index (χ3v) is 5.06. The van der Waals surface area contributed by atoms with E-state index in [0.717, 1.165) is 31.0 Å². The minimum Gasteiger partial charge on any atom is -0.336 e. The maximum Gasteiger partial charge on any atom is 0.253 e. The van der Waals surface area contributed by atoms with Crippen LogP contribution in [0.5, 0.6) is 0 Å². The van der Waals surface area contributed by atoms with Gasteiger partial charge in [0.25, 0.3) is 5.91 Å². The van der Waals surface area contributed by atoms with E-state index in [1.54, 1.807) is 24.3 Å². The first-order valence-corrected chi connectivity index (χ1v) is 9.43. The largest absolute Gasteiger partial charge is 0.336 e. The van der Waals surface area contributed by atoms with Gasteiger partial charge in [-0.1, -0.05) is 41.9 Å². The standard InChI is InChI=1S/C21H21ClN4O/c22-19-8-6-18(7-9-19)21(27)25-14-12-24(13-15-25)16-26-11-10-20(23-26)17-4-2-1-3-5-17/h1-11H,12-16H2. The average Bonchev–Trinajstić information content (AvgIpc) is 3.18. The predicted molar refractivity (Wildman–Crippen MR) is 107 cm³/mol. The Morgan fingerprint density at radius 1 is 0.926 bits per heavy atom. The highest BCUT2D eigenvalue weighted by molar-refractivity contribution is 6.30. The molecule has 0 aliphatic carbocycles. The molecule has 6 heteroatoms. The minimum absolute atomic E-state index is 0.0665. The van der Waals surface area contributed by atoms with Crippen molar-refractivity contribution < 1.29 is 4.79 Å². The molecule has 0 atom stereocenters. The number of rotatable bonds is 4. The van der Waals surface area contributed by atoms with Gasteiger partial charge < -0.3 is 4.90 Å². The molecule has 1 aromatic heterocycles. The summed E-state index contributed by atoms with van der Waals surface area (Å²) in [6, 6.07) is 19.3. The average molecular weight is 381 g/mol. The number of carbonyl (C=O) groups excluding carboxylic acids is 1. The number of aromatic nitrogens is 2. The van der Waals surface area contributed by atoms with E-state index < -0.39 is 0 Å². The molecular formula is C21H21ClN4O. The predicted octanol–water partition coefficient (Wildman–Crippen LogP) is 3.62. The Balaban J connectivity index is 1.33. The van der Waals surface area contributed by atoms with Crippen LogP contribution in [-0.2, 0) is 6.67 Å². The first-order chi connectivity index (χ1) is 13.2. The number of amides is 1. The van der Waals surface area contributed by atoms with Crippen LogP contribution in [0, 0.1) is 0 Å². The summed E-state index contributed by atoms with van der Waals surface area (Å²) >= 11 is 5.90. The Morgan fingerprint density at radius 2 is 1.63 bits per heavy atom. The molecule has 1 amide bonds. The second kappa shape index (κ2) is 7.94. The molecule has 1 aliphatic rings. The van der Waals surface area contributed by atoms with Gasteiger partial charge in [0.2, 0.25) is 0 Å². The number of carbonyl (C=O) groups is 1. The molecule has 0 unspecified atom stereocenters. The van der Waals surface area contributed by atoms with Gasteiger partial charge in [-0.3, -0.25) is 14.4 Å². The molecule has 0 radical (unpaired) electrons. The summed E-state index contributed by atoms with van der Waals surface area (Å²) in [6.45, 7) is 3.83. The summed E-state index contributed by atoms with van der Waals surface area (Å²) in [5.41, 5.74) is 2.79. The minimum atomic E-state index is 0.0665.